The summed E-state index contributed by atoms with van der Waals surface area (Å²) in [6, 6.07) is 0. The zero-order chi connectivity index (χ0) is 13.4. The molecule has 0 aromatic carbocycles. The average molecular weight is 255 g/mol. The maximum Gasteiger partial charge on any atom is 0.224 e. The van der Waals surface area contributed by atoms with Gasteiger partial charge in [0.1, 0.15) is 0 Å². The van der Waals surface area contributed by atoms with Crippen LogP contribution in [0.3, 0.4) is 0 Å². The molecule has 0 aliphatic rings. The molecule has 0 saturated carbocycles. The lowest BCUT2D eigenvalue weighted by Crippen LogP contribution is -2.25. The van der Waals surface area contributed by atoms with Gasteiger partial charge >= 0.3 is 0 Å². The number of hydrogen-bond acceptors (Lipinski definition) is 2. The number of aliphatic imine (C=N–C) groups is 1. The molecule has 94 valence electrons. The summed E-state index contributed by atoms with van der Waals surface area (Å²) in [5, 5.41) is 2.97. The molecule has 0 atom stereocenters. The molecule has 0 aliphatic carbocycles. The van der Waals surface area contributed by atoms with E-state index in [1.54, 1.807) is 13.0 Å². The van der Waals surface area contributed by atoms with E-state index < -0.39 is 0 Å². The van der Waals surface area contributed by atoms with Crippen LogP contribution in [0.15, 0.2) is 41.2 Å². The minimum atomic E-state index is -0.0936. The predicted octanol–water partition coefficient (Wildman–Crippen LogP) is 3.53. The van der Waals surface area contributed by atoms with Gasteiger partial charge in [0.05, 0.1) is 5.70 Å². The first-order chi connectivity index (χ1) is 7.92. The molecule has 0 bridgehead atoms. The van der Waals surface area contributed by atoms with Crippen molar-refractivity contribution in [3.8, 4) is 0 Å². The summed E-state index contributed by atoms with van der Waals surface area (Å²) in [6.07, 6.45) is 2.66. The lowest BCUT2D eigenvalue weighted by molar-refractivity contribution is -0.119. The van der Waals surface area contributed by atoms with Crippen LogP contribution in [0.25, 0.3) is 0 Å². The number of rotatable bonds is 6. The molecule has 1 N–H and O–H groups in total. The summed E-state index contributed by atoms with van der Waals surface area (Å²) >= 11 is 6.06. The molecule has 1 amide bonds. The molecule has 4 heteroatoms. The lowest BCUT2D eigenvalue weighted by Gasteiger charge is -2.10. The van der Waals surface area contributed by atoms with Crippen molar-refractivity contribution in [2.75, 3.05) is 0 Å². The van der Waals surface area contributed by atoms with E-state index in [1.807, 2.05) is 13.8 Å². The van der Waals surface area contributed by atoms with Crippen LogP contribution in [0.5, 0.6) is 0 Å². The maximum atomic E-state index is 11.3. The first-order valence-corrected chi connectivity index (χ1v) is 5.80. The van der Waals surface area contributed by atoms with Crippen LogP contribution in [0.2, 0.25) is 0 Å². The highest BCUT2D eigenvalue weighted by atomic mass is 35.5. The van der Waals surface area contributed by atoms with Crippen molar-refractivity contribution in [1.82, 2.24) is 5.32 Å². The number of halogens is 1. The molecule has 3 nitrogen and oxygen atoms in total. The van der Waals surface area contributed by atoms with Gasteiger partial charge in [-0.3, -0.25) is 4.79 Å². The predicted molar refractivity (Wildman–Crippen MR) is 74.0 cm³/mol. The van der Waals surface area contributed by atoms with Crippen molar-refractivity contribution in [2.24, 2.45) is 4.99 Å². The van der Waals surface area contributed by atoms with Crippen LogP contribution < -0.4 is 5.32 Å². The summed E-state index contributed by atoms with van der Waals surface area (Å²) in [5.74, 6) is -0.0936. The summed E-state index contributed by atoms with van der Waals surface area (Å²) < 4.78 is 0. The van der Waals surface area contributed by atoms with Crippen LogP contribution in [-0.4, -0.2) is 11.1 Å². The number of nitrogens with one attached hydrogen (secondary N) is 1. The van der Waals surface area contributed by atoms with Crippen molar-refractivity contribution in [3.63, 3.8) is 0 Å². The molecule has 17 heavy (non-hydrogen) atoms. The van der Waals surface area contributed by atoms with Gasteiger partial charge in [-0.15, -0.1) is 6.58 Å². The number of amides is 1. The minimum absolute atomic E-state index is 0.0936. The van der Waals surface area contributed by atoms with Crippen molar-refractivity contribution in [1.29, 1.82) is 0 Å². The Hall–Kier alpha value is -1.35. The van der Waals surface area contributed by atoms with Gasteiger partial charge < -0.3 is 5.32 Å². The van der Waals surface area contributed by atoms with E-state index in [0.29, 0.717) is 24.2 Å². The Kier molecular flexibility index (Phi) is 7.22. The van der Waals surface area contributed by atoms with E-state index in [0.717, 1.165) is 5.57 Å². The van der Waals surface area contributed by atoms with Crippen LogP contribution in [-0.2, 0) is 4.79 Å². The van der Waals surface area contributed by atoms with Gasteiger partial charge in [-0.25, -0.2) is 4.99 Å². The Labute approximate surface area is 108 Å². The number of allylic oxidation sites excluding steroid dienone is 3. The molecule has 0 radical (unpaired) electrons. The molecule has 0 spiro atoms. The van der Waals surface area contributed by atoms with E-state index in [1.165, 1.54) is 0 Å². The van der Waals surface area contributed by atoms with E-state index >= 15 is 0 Å². The molecular weight excluding hydrogens is 236 g/mol. The Bertz CT molecular complexity index is 377. The smallest absolute Gasteiger partial charge is 0.224 e. The van der Waals surface area contributed by atoms with Crippen LogP contribution >= 0.6 is 11.6 Å². The largest absolute Gasteiger partial charge is 0.324 e. The van der Waals surface area contributed by atoms with Gasteiger partial charge in [0.15, 0.2) is 5.17 Å². The molecule has 0 saturated heterocycles. The number of hydrogen-bond donors (Lipinski definition) is 1. The molecular formula is C13H19ClN2O. The quantitative estimate of drug-likeness (QED) is 0.572. The summed E-state index contributed by atoms with van der Waals surface area (Å²) in [5.41, 5.74) is 2.05. The fourth-order valence-electron chi connectivity index (χ4n) is 1.02. The first-order valence-electron chi connectivity index (χ1n) is 5.42. The van der Waals surface area contributed by atoms with Crippen LogP contribution in [0, 0.1) is 0 Å². The van der Waals surface area contributed by atoms with Crippen molar-refractivity contribution >= 4 is 22.7 Å². The molecule has 0 aromatic heterocycles. The molecule has 0 rings (SSSR count). The number of carbonyl (C=O) groups excluding carboxylic acids is 1. The van der Waals surface area contributed by atoms with Gasteiger partial charge in [0.2, 0.25) is 5.91 Å². The van der Waals surface area contributed by atoms with Gasteiger partial charge in [0, 0.05) is 18.5 Å². The van der Waals surface area contributed by atoms with E-state index in [-0.39, 0.29) is 11.1 Å². The maximum absolute atomic E-state index is 11.3. The highest BCUT2D eigenvalue weighted by molar-refractivity contribution is 6.69. The Morgan fingerprint density at radius 2 is 2.06 bits per heavy atom. The lowest BCUT2D eigenvalue weighted by atomic mass is 10.2. The fourth-order valence-corrected chi connectivity index (χ4v) is 1.37. The SMILES string of the molecule is C=CCC(=C)N=C(Cl)C(NC(=O)CC)=C(C)C. The highest BCUT2D eigenvalue weighted by Gasteiger charge is 2.09. The van der Waals surface area contributed by atoms with Crippen LogP contribution in [0.1, 0.15) is 33.6 Å². The van der Waals surface area contributed by atoms with E-state index in [9.17, 15) is 4.79 Å². The second-order valence-corrected chi connectivity index (χ2v) is 4.10. The van der Waals surface area contributed by atoms with Gasteiger partial charge in [-0.2, -0.15) is 0 Å². The summed E-state index contributed by atoms with van der Waals surface area (Å²) in [4.78, 5) is 15.5. The molecule has 0 unspecified atom stereocenters. The monoisotopic (exact) mass is 254 g/mol. The first kappa shape index (κ1) is 15.7. The summed E-state index contributed by atoms with van der Waals surface area (Å²) in [7, 11) is 0. The number of carbonyl (C=O) groups is 1. The van der Waals surface area contributed by atoms with Crippen molar-refractivity contribution < 1.29 is 4.79 Å². The molecule has 0 heterocycles. The third-order valence-electron chi connectivity index (χ3n) is 1.93. The Morgan fingerprint density at radius 1 is 1.47 bits per heavy atom. The zero-order valence-corrected chi connectivity index (χ0v) is 11.4. The Balaban J connectivity index is 4.97. The molecule has 0 aromatic rings. The van der Waals surface area contributed by atoms with Gasteiger partial charge in [0.25, 0.3) is 0 Å². The van der Waals surface area contributed by atoms with Crippen molar-refractivity contribution in [3.05, 3.63) is 36.2 Å². The number of nitrogens with zero attached hydrogens (tertiary/aromatic N) is 1. The zero-order valence-electron chi connectivity index (χ0n) is 10.6. The third kappa shape index (κ3) is 6.07. The molecule has 0 aliphatic heterocycles. The standard InChI is InChI=1S/C13H19ClN2O/c1-6-8-10(5)15-13(14)12(9(3)4)16-11(17)7-2/h6H,1,5,7-8H2,2-4H3,(H,16,17). The van der Waals surface area contributed by atoms with Gasteiger partial charge in [-0.05, 0) is 19.4 Å². The topological polar surface area (TPSA) is 41.5 Å². The Morgan fingerprint density at radius 3 is 2.47 bits per heavy atom. The fraction of sp³-hybridized carbons (Fsp3) is 0.385. The second kappa shape index (κ2) is 7.85. The van der Waals surface area contributed by atoms with E-state index in [4.69, 9.17) is 11.6 Å². The van der Waals surface area contributed by atoms with Crippen LogP contribution in [0.4, 0.5) is 0 Å². The minimum Gasteiger partial charge on any atom is -0.324 e. The van der Waals surface area contributed by atoms with Crippen molar-refractivity contribution in [2.45, 2.75) is 33.6 Å². The highest BCUT2D eigenvalue weighted by Crippen LogP contribution is 2.11. The molecule has 0 fully saturated rings. The van der Waals surface area contributed by atoms with E-state index in [2.05, 4.69) is 23.5 Å². The normalized spacial score (nSPS) is 10.7. The second-order valence-electron chi connectivity index (χ2n) is 3.74. The summed E-state index contributed by atoms with van der Waals surface area (Å²) in [6.45, 7) is 12.8. The van der Waals surface area contributed by atoms with Gasteiger partial charge in [-0.1, -0.05) is 31.2 Å². The third-order valence-corrected chi connectivity index (χ3v) is 2.20. The average Bonchev–Trinajstić information content (AvgIpc) is 2.24.